The summed E-state index contributed by atoms with van der Waals surface area (Å²) < 4.78 is 5.01. The first-order chi connectivity index (χ1) is 16.3. The SMILES string of the molecule is CCOC(=O)c1ccc(NC(=O)c2ccc3c(c2)C(c2ccc(CN)cc2)=CCC3(C)C)cc1. The van der Waals surface area contributed by atoms with Gasteiger partial charge in [0.15, 0.2) is 0 Å². The van der Waals surface area contributed by atoms with Gasteiger partial charge in [-0.1, -0.05) is 50.3 Å². The highest BCUT2D eigenvalue weighted by Gasteiger charge is 2.29. The summed E-state index contributed by atoms with van der Waals surface area (Å²) >= 11 is 0. The van der Waals surface area contributed by atoms with E-state index in [0.29, 0.717) is 30.0 Å². The zero-order valence-corrected chi connectivity index (χ0v) is 19.9. The number of benzene rings is 3. The molecule has 0 aliphatic heterocycles. The van der Waals surface area contributed by atoms with Crippen molar-refractivity contribution in [3.8, 4) is 0 Å². The molecule has 0 aromatic heterocycles. The lowest BCUT2D eigenvalue weighted by Crippen LogP contribution is -2.23. The zero-order valence-electron chi connectivity index (χ0n) is 19.9. The number of anilines is 1. The molecule has 5 nitrogen and oxygen atoms in total. The van der Waals surface area contributed by atoms with E-state index < -0.39 is 0 Å². The van der Waals surface area contributed by atoms with Crippen molar-refractivity contribution < 1.29 is 14.3 Å². The van der Waals surface area contributed by atoms with Crippen molar-refractivity contribution in [1.82, 2.24) is 0 Å². The number of rotatable bonds is 6. The van der Waals surface area contributed by atoms with Crippen LogP contribution in [0.15, 0.2) is 72.8 Å². The van der Waals surface area contributed by atoms with Gasteiger partial charge in [0.05, 0.1) is 12.2 Å². The molecule has 3 aromatic rings. The van der Waals surface area contributed by atoms with Gasteiger partial charge in [-0.3, -0.25) is 4.79 Å². The normalized spacial score (nSPS) is 14.1. The maximum Gasteiger partial charge on any atom is 0.338 e. The molecule has 1 aliphatic carbocycles. The summed E-state index contributed by atoms with van der Waals surface area (Å²) in [6, 6.07) is 20.9. The van der Waals surface area contributed by atoms with Crippen LogP contribution in [-0.4, -0.2) is 18.5 Å². The number of esters is 1. The number of hydrogen-bond acceptors (Lipinski definition) is 4. The number of hydrogen-bond donors (Lipinski definition) is 2. The van der Waals surface area contributed by atoms with Crippen LogP contribution < -0.4 is 11.1 Å². The van der Waals surface area contributed by atoms with E-state index in [1.165, 1.54) is 5.56 Å². The number of nitrogens with one attached hydrogen (secondary N) is 1. The van der Waals surface area contributed by atoms with Crippen molar-refractivity contribution in [3.05, 3.63) is 106 Å². The van der Waals surface area contributed by atoms with Gasteiger partial charge in [-0.15, -0.1) is 0 Å². The van der Waals surface area contributed by atoms with Crippen LogP contribution in [0.1, 0.15) is 70.2 Å². The maximum atomic E-state index is 13.1. The zero-order chi connectivity index (χ0) is 24.3. The molecule has 0 heterocycles. The second kappa shape index (κ2) is 9.65. The van der Waals surface area contributed by atoms with Crippen molar-refractivity contribution >= 4 is 23.1 Å². The number of carbonyl (C=O) groups is 2. The first kappa shape index (κ1) is 23.5. The first-order valence-corrected chi connectivity index (χ1v) is 11.6. The topological polar surface area (TPSA) is 81.4 Å². The molecule has 3 aromatic carbocycles. The van der Waals surface area contributed by atoms with Crippen LogP contribution in [0.5, 0.6) is 0 Å². The molecule has 4 rings (SSSR count). The molecule has 0 bridgehead atoms. The lowest BCUT2D eigenvalue weighted by atomic mass is 9.72. The summed E-state index contributed by atoms with van der Waals surface area (Å²) in [7, 11) is 0. The summed E-state index contributed by atoms with van der Waals surface area (Å²) in [5.41, 5.74) is 13.0. The Morgan fingerprint density at radius 1 is 0.971 bits per heavy atom. The van der Waals surface area contributed by atoms with Gasteiger partial charge in [0.1, 0.15) is 0 Å². The third kappa shape index (κ3) is 4.80. The van der Waals surface area contributed by atoms with Crippen LogP contribution in [0.3, 0.4) is 0 Å². The fourth-order valence-corrected chi connectivity index (χ4v) is 4.28. The minimum atomic E-state index is -0.378. The molecule has 174 valence electrons. The largest absolute Gasteiger partial charge is 0.462 e. The Bertz CT molecular complexity index is 1240. The Morgan fingerprint density at radius 3 is 2.29 bits per heavy atom. The molecular weight excluding hydrogens is 424 g/mol. The molecule has 3 N–H and O–H groups in total. The minimum absolute atomic E-state index is 0.0199. The van der Waals surface area contributed by atoms with E-state index in [1.54, 1.807) is 31.2 Å². The van der Waals surface area contributed by atoms with E-state index in [0.717, 1.165) is 28.7 Å². The fraction of sp³-hybridized carbons (Fsp3) is 0.241. The first-order valence-electron chi connectivity index (χ1n) is 11.6. The number of carbonyl (C=O) groups excluding carboxylic acids is 2. The monoisotopic (exact) mass is 454 g/mol. The van der Waals surface area contributed by atoms with E-state index in [4.69, 9.17) is 10.5 Å². The Labute approximate surface area is 200 Å². The van der Waals surface area contributed by atoms with E-state index in [9.17, 15) is 9.59 Å². The van der Waals surface area contributed by atoms with Gasteiger partial charge in [-0.25, -0.2) is 4.79 Å². The van der Waals surface area contributed by atoms with E-state index in [2.05, 4.69) is 43.4 Å². The van der Waals surface area contributed by atoms with Crippen molar-refractivity contribution in [3.63, 3.8) is 0 Å². The second-order valence-corrected chi connectivity index (χ2v) is 9.12. The van der Waals surface area contributed by atoms with E-state index >= 15 is 0 Å². The Balaban J connectivity index is 1.61. The summed E-state index contributed by atoms with van der Waals surface area (Å²) in [6.07, 6.45) is 3.18. The van der Waals surface area contributed by atoms with Gasteiger partial charge in [-0.05, 0) is 83.0 Å². The lowest BCUT2D eigenvalue weighted by molar-refractivity contribution is 0.0526. The van der Waals surface area contributed by atoms with Gasteiger partial charge in [0.2, 0.25) is 0 Å². The maximum absolute atomic E-state index is 13.1. The Morgan fingerprint density at radius 2 is 1.65 bits per heavy atom. The molecule has 0 radical (unpaired) electrons. The minimum Gasteiger partial charge on any atom is -0.462 e. The molecule has 0 fully saturated rings. The molecule has 1 aliphatic rings. The van der Waals surface area contributed by atoms with E-state index in [1.807, 2.05) is 24.3 Å². The Hall–Kier alpha value is -3.70. The van der Waals surface area contributed by atoms with Crippen molar-refractivity contribution in [1.29, 1.82) is 0 Å². The van der Waals surface area contributed by atoms with Crippen molar-refractivity contribution in [2.75, 3.05) is 11.9 Å². The number of fused-ring (bicyclic) bond motifs is 1. The van der Waals surface area contributed by atoms with Crippen LogP contribution in [0, 0.1) is 0 Å². The number of ether oxygens (including phenoxy) is 1. The van der Waals surface area contributed by atoms with Gasteiger partial charge in [0, 0.05) is 17.8 Å². The predicted molar refractivity (Wildman–Crippen MR) is 136 cm³/mol. The highest BCUT2D eigenvalue weighted by Crippen LogP contribution is 2.41. The van der Waals surface area contributed by atoms with Gasteiger partial charge >= 0.3 is 5.97 Å². The van der Waals surface area contributed by atoms with Crippen LogP contribution >= 0.6 is 0 Å². The molecule has 34 heavy (non-hydrogen) atoms. The van der Waals surface area contributed by atoms with Gasteiger partial charge < -0.3 is 15.8 Å². The van der Waals surface area contributed by atoms with Crippen LogP contribution in [0.25, 0.3) is 5.57 Å². The summed E-state index contributed by atoms with van der Waals surface area (Å²) in [5.74, 6) is -0.579. The third-order valence-electron chi connectivity index (χ3n) is 6.27. The molecule has 0 spiro atoms. The molecule has 1 amide bonds. The molecule has 0 saturated heterocycles. The Kier molecular flexibility index (Phi) is 6.66. The molecule has 0 unspecified atom stereocenters. The smallest absolute Gasteiger partial charge is 0.338 e. The number of allylic oxidation sites excluding steroid dienone is 1. The molecule has 0 saturated carbocycles. The predicted octanol–water partition coefficient (Wildman–Crippen LogP) is 5.69. The number of nitrogens with two attached hydrogens (primary N) is 1. The van der Waals surface area contributed by atoms with Crippen molar-refractivity contribution in [2.24, 2.45) is 5.73 Å². The van der Waals surface area contributed by atoms with Crippen LogP contribution in [0.2, 0.25) is 0 Å². The van der Waals surface area contributed by atoms with Crippen LogP contribution in [-0.2, 0) is 16.7 Å². The quantitative estimate of drug-likeness (QED) is 0.469. The van der Waals surface area contributed by atoms with Crippen LogP contribution in [0.4, 0.5) is 5.69 Å². The molecule has 0 atom stereocenters. The van der Waals surface area contributed by atoms with Crippen molar-refractivity contribution in [2.45, 2.75) is 39.2 Å². The summed E-state index contributed by atoms with van der Waals surface area (Å²) in [6.45, 7) is 7.04. The third-order valence-corrected chi connectivity index (χ3v) is 6.27. The fourth-order valence-electron chi connectivity index (χ4n) is 4.28. The van der Waals surface area contributed by atoms with Gasteiger partial charge in [0.25, 0.3) is 5.91 Å². The molecular formula is C29H30N2O3. The average Bonchev–Trinajstić information content (AvgIpc) is 2.84. The number of amides is 1. The highest BCUT2D eigenvalue weighted by molar-refractivity contribution is 6.05. The lowest BCUT2D eigenvalue weighted by Gasteiger charge is -2.32. The standard InChI is InChI=1S/C29H30N2O3/c1-4-34-28(33)21-9-12-23(13-10-21)31-27(32)22-11-14-26-25(17-22)24(15-16-29(26,2)3)20-7-5-19(18-30)6-8-20/h5-15,17H,4,16,18,30H2,1-3H3,(H,31,32). The second-order valence-electron chi connectivity index (χ2n) is 9.12. The summed E-state index contributed by atoms with van der Waals surface area (Å²) in [5, 5.41) is 2.93. The average molecular weight is 455 g/mol. The summed E-state index contributed by atoms with van der Waals surface area (Å²) in [4.78, 5) is 24.9. The molecule has 5 heteroatoms. The van der Waals surface area contributed by atoms with E-state index in [-0.39, 0.29) is 17.3 Å². The highest BCUT2D eigenvalue weighted by atomic mass is 16.5. The van der Waals surface area contributed by atoms with Gasteiger partial charge in [-0.2, -0.15) is 0 Å².